The second-order valence-corrected chi connectivity index (χ2v) is 10.3. The number of carbonyl (C=O) groups excluding carboxylic acids is 1. The Kier molecular flexibility index (Phi) is 7.45. The molecule has 1 amide bonds. The van der Waals surface area contributed by atoms with Gasteiger partial charge in [0.1, 0.15) is 0 Å². The number of aromatic hydroxyl groups is 1. The predicted molar refractivity (Wildman–Crippen MR) is 139 cm³/mol. The van der Waals surface area contributed by atoms with Gasteiger partial charge >= 0.3 is 0 Å². The fourth-order valence-corrected chi connectivity index (χ4v) is 5.91. The molecule has 4 rings (SSSR count). The lowest BCUT2D eigenvalue weighted by atomic mass is 9.85. The summed E-state index contributed by atoms with van der Waals surface area (Å²) in [5.74, 6) is 0.999. The van der Waals surface area contributed by atoms with Crippen LogP contribution in [0.1, 0.15) is 45.1 Å². The second-order valence-electron chi connectivity index (χ2n) is 8.13. The molecule has 168 valence electrons. The molecule has 1 saturated heterocycles. The number of hydrogen-bond donors (Lipinski definition) is 1. The highest BCUT2D eigenvalue weighted by atomic mass is 127. The van der Waals surface area contributed by atoms with Gasteiger partial charge in [-0.15, -0.1) is 0 Å². The Balaban J connectivity index is 1.73. The van der Waals surface area contributed by atoms with Gasteiger partial charge in [0.25, 0.3) is 5.91 Å². The Labute approximate surface area is 207 Å². The average Bonchev–Trinajstić information content (AvgIpc) is 3.07. The number of nitrogens with zero attached hydrogens (tertiary/aromatic N) is 2. The molecular weight excluding hydrogens is 535 g/mol. The quantitative estimate of drug-likeness (QED) is 0.331. The molecule has 7 heteroatoms. The van der Waals surface area contributed by atoms with Crippen molar-refractivity contribution < 1.29 is 14.6 Å². The standard InChI is InChI=1S/C25H27IN2O3S/c1-3-31-21-14-17(13-19(26)23(21)29)15-22-24(30)28(20-12-8-7-9-16(20)2)25(32-22)27-18-10-5-4-6-11-18/h4-6,10-11,13-16,20,29H,3,7-9,12H2,1-2H3/b22-15-,27-25?/t16-,20-/m0/s1. The smallest absolute Gasteiger partial charge is 0.267 e. The lowest BCUT2D eigenvalue weighted by molar-refractivity contribution is -0.124. The number of benzene rings is 2. The maximum atomic E-state index is 13.6. The zero-order valence-corrected chi connectivity index (χ0v) is 21.2. The molecule has 1 aliphatic carbocycles. The molecule has 2 aromatic rings. The highest BCUT2D eigenvalue weighted by Crippen LogP contribution is 2.41. The van der Waals surface area contributed by atoms with Gasteiger partial charge in [0, 0.05) is 6.04 Å². The maximum absolute atomic E-state index is 13.6. The summed E-state index contributed by atoms with van der Waals surface area (Å²) < 4.78 is 6.26. The fourth-order valence-electron chi connectivity index (χ4n) is 4.24. The van der Waals surface area contributed by atoms with Crippen LogP contribution in [0.5, 0.6) is 11.5 Å². The first-order chi connectivity index (χ1) is 15.5. The largest absolute Gasteiger partial charge is 0.504 e. The molecule has 1 N–H and O–H groups in total. The van der Waals surface area contributed by atoms with Crippen LogP contribution in [0, 0.1) is 9.49 Å². The molecule has 1 saturated carbocycles. The third-order valence-electron chi connectivity index (χ3n) is 5.86. The highest BCUT2D eigenvalue weighted by molar-refractivity contribution is 14.1. The van der Waals surface area contributed by atoms with Crippen LogP contribution >= 0.6 is 34.4 Å². The van der Waals surface area contributed by atoms with E-state index in [1.165, 1.54) is 18.2 Å². The van der Waals surface area contributed by atoms with Crippen molar-refractivity contribution in [2.45, 2.75) is 45.6 Å². The second kappa shape index (κ2) is 10.3. The Bertz CT molecular complexity index is 1050. The van der Waals surface area contributed by atoms with E-state index in [4.69, 9.17) is 9.73 Å². The van der Waals surface area contributed by atoms with Gasteiger partial charge in [0.2, 0.25) is 0 Å². The minimum absolute atomic E-state index is 0.00414. The topological polar surface area (TPSA) is 62.1 Å². The van der Waals surface area contributed by atoms with Gasteiger partial charge in [0.15, 0.2) is 16.7 Å². The van der Waals surface area contributed by atoms with Crippen LogP contribution in [0.15, 0.2) is 52.4 Å². The summed E-state index contributed by atoms with van der Waals surface area (Å²) in [4.78, 5) is 21.0. The summed E-state index contributed by atoms with van der Waals surface area (Å²) >= 11 is 3.51. The van der Waals surface area contributed by atoms with Crippen LogP contribution in [0.4, 0.5) is 5.69 Å². The van der Waals surface area contributed by atoms with Gasteiger partial charge in [0.05, 0.1) is 20.8 Å². The normalized spacial score (nSPS) is 23.8. The number of aliphatic imine (C=N–C) groups is 1. The van der Waals surface area contributed by atoms with Gasteiger partial charge in [-0.2, -0.15) is 0 Å². The number of para-hydroxylation sites is 1. The van der Waals surface area contributed by atoms with Gasteiger partial charge in [-0.25, -0.2) is 4.99 Å². The zero-order valence-electron chi connectivity index (χ0n) is 18.3. The average molecular weight is 562 g/mol. The third kappa shape index (κ3) is 4.98. The van der Waals surface area contributed by atoms with Crippen LogP contribution in [0.25, 0.3) is 6.08 Å². The molecule has 1 aliphatic heterocycles. The summed E-state index contributed by atoms with van der Waals surface area (Å²) in [6, 6.07) is 13.6. The maximum Gasteiger partial charge on any atom is 0.267 e. The molecule has 2 fully saturated rings. The molecule has 0 unspecified atom stereocenters. The Hall–Kier alpha value is -2.00. The molecule has 2 aromatic carbocycles. The van der Waals surface area contributed by atoms with E-state index >= 15 is 0 Å². The van der Waals surface area contributed by atoms with Crippen molar-refractivity contribution in [3.05, 3.63) is 56.5 Å². The number of rotatable bonds is 5. The lowest BCUT2D eigenvalue weighted by Crippen LogP contribution is -2.44. The first-order valence-corrected chi connectivity index (χ1v) is 12.9. The van der Waals surface area contributed by atoms with Crippen molar-refractivity contribution in [1.82, 2.24) is 4.90 Å². The molecular formula is C25H27IN2O3S. The van der Waals surface area contributed by atoms with Gasteiger partial charge in [-0.05, 0) is 95.9 Å². The van der Waals surface area contributed by atoms with Crippen molar-refractivity contribution in [3.63, 3.8) is 0 Å². The number of phenols is 1. The van der Waals surface area contributed by atoms with Crippen LogP contribution < -0.4 is 4.74 Å². The molecule has 32 heavy (non-hydrogen) atoms. The Morgan fingerprint density at radius 1 is 1.25 bits per heavy atom. The number of amides is 1. The van der Waals surface area contributed by atoms with Crippen molar-refractivity contribution in [3.8, 4) is 11.5 Å². The van der Waals surface area contributed by atoms with E-state index in [0.29, 0.717) is 26.7 Å². The molecule has 0 radical (unpaired) electrons. The number of thioether (sulfide) groups is 1. The molecule has 2 aliphatic rings. The molecule has 0 bridgehead atoms. The van der Waals surface area contributed by atoms with Gasteiger partial charge in [-0.1, -0.05) is 38.0 Å². The van der Waals surface area contributed by atoms with Gasteiger partial charge in [-0.3, -0.25) is 9.69 Å². The number of phenolic OH excluding ortho intramolecular Hbond substituents is 1. The van der Waals surface area contributed by atoms with E-state index in [2.05, 4.69) is 29.5 Å². The van der Waals surface area contributed by atoms with E-state index in [0.717, 1.165) is 35.7 Å². The number of ether oxygens (including phenoxy) is 1. The minimum Gasteiger partial charge on any atom is -0.504 e. The molecule has 2 atom stereocenters. The third-order valence-corrected chi connectivity index (χ3v) is 7.67. The summed E-state index contributed by atoms with van der Waals surface area (Å²) in [6.45, 7) is 4.57. The summed E-state index contributed by atoms with van der Waals surface area (Å²) in [6.07, 6.45) is 6.36. The van der Waals surface area contributed by atoms with Crippen molar-refractivity contribution >= 4 is 57.2 Å². The first kappa shape index (κ1) is 23.2. The van der Waals surface area contributed by atoms with E-state index < -0.39 is 0 Å². The SMILES string of the molecule is CCOc1cc(/C=C2\SC(=Nc3ccccc3)N([C@H]3CCCC[C@@H]3C)C2=O)cc(I)c1O. The van der Waals surface area contributed by atoms with Crippen LogP contribution in [-0.2, 0) is 4.79 Å². The number of halogens is 1. The monoisotopic (exact) mass is 562 g/mol. The fraction of sp³-hybridized carbons (Fsp3) is 0.360. The van der Waals surface area contributed by atoms with E-state index in [1.54, 1.807) is 6.07 Å². The van der Waals surface area contributed by atoms with Crippen LogP contribution in [-0.4, -0.2) is 33.7 Å². The Morgan fingerprint density at radius 3 is 2.72 bits per heavy atom. The Morgan fingerprint density at radius 2 is 2.00 bits per heavy atom. The highest BCUT2D eigenvalue weighted by Gasteiger charge is 2.41. The summed E-state index contributed by atoms with van der Waals surface area (Å²) in [5, 5.41) is 11.0. The van der Waals surface area contributed by atoms with Crippen molar-refractivity contribution in [2.24, 2.45) is 10.9 Å². The summed E-state index contributed by atoms with van der Waals surface area (Å²) in [7, 11) is 0. The number of carbonyl (C=O) groups is 1. The molecule has 0 spiro atoms. The molecule has 1 heterocycles. The van der Waals surface area contributed by atoms with E-state index in [1.807, 2.05) is 54.3 Å². The van der Waals surface area contributed by atoms with Crippen molar-refractivity contribution in [1.29, 1.82) is 0 Å². The van der Waals surface area contributed by atoms with Gasteiger partial charge < -0.3 is 9.84 Å². The molecule has 0 aromatic heterocycles. The minimum atomic E-state index is 0.00414. The number of hydrogen-bond acceptors (Lipinski definition) is 5. The van der Waals surface area contributed by atoms with Crippen LogP contribution in [0.2, 0.25) is 0 Å². The lowest BCUT2D eigenvalue weighted by Gasteiger charge is -2.35. The number of amidine groups is 1. The first-order valence-electron chi connectivity index (χ1n) is 11.0. The zero-order chi connectivity index (χ0) is 22.7. The van der Waals surface area contributed by atoms with E-state index in [-0.39, 0.29) is 17.7 Å². The van der Waals surface area contributed by atoms with Crippen molar-refractivity contribution in [2.75, 3.05) is 6.61 Å². The molecule has 5 nitrogen and oxygen atoms in total. The van der Waals surface area contributed by atoms with Crippen LogP contribution in [0.3, 0.4) is 0 Å². The van der Waals surface area contributed by atoms with E-state index in [9.17, 15) is 9.90 Å². The predicted octanol–water partition coefficient (Wildman–Crippen LogP) is 6.58. The summed E-state index contributed by atoms with van der Waals surface area (Å²) in [5.41, 5.74) is 1.67.